The van der Waals surface area contributed by atoms with Crippen LogP contribution in [0.25, 0.3) is 0 Å². The van der Waals surface area contributed by atoms with Crippen LogP contribution >= 0.6 is 0 Å². The quantitative estimate of drug-likeness (QED) is 0.514. The van der Waals surface area contributed by atoms with Gasteiger partial charge in [0, 0.05) is 37.1 Å². The molecule has 4 heteroatoms. The van der Waals surface area contributed by atoms with E-state index in [1.807, 2.05) is 25.5 Å². The van der Waals surface area contributed by atoms with Gasteiger partial charge in [-0.1, -0.05) is 65.2 Å². The summed E-state index contributed by atoms with van der Waals surface area (Å²) in [4.78, 5) is 14.6. The third-order valence-corrected chi connectivity index (χ3v) is 4.16. The highest BCUT2D eigenvalue weighted by Gasteiger charge is 1.95. The minimum absolute atomic E-state index is 0.994. The molecule has 0 spiro atoms. The van der Waals surface area contributed by atoms with Crippen molar-refractivity contribution in [1.82, 2.24) is 19.9 Å². The van der Waals surface area contributed by atoms with E-state index in [0.29, 0.717) is 0 Å². The molecule has 2 N–H and O–H groups in total. The Morgan fingerprint density at radius 1 is 0.833 bits per heavy atom. The molecule has 0 aliphatic rings. The first-order valence-electron chi connectivity index (χ1n) is 9.75. The Hall–Kier alpha value is -1.58. The zero-order valence-corrected chi connectivity index (χ0v) is 15.9. The molecule has 0 aliphatic heterocycles. The van der Waals surface area contributed by atoms with Crippen molar-refractivity contribution in [3.05, 3.63) is 35.9 Å². The number of aromatic nitrogens is 4. The van der Waals surface area contributed by atoms with Crippen LogP contribution in [0.2, 0.25) is 0 Å². The minimum Gasteiger partial charge on any atom is -0.349 e. The van der Waals surface area contributed by atoms with Crippen LogP contribution in [0.3, 0.4) is 0 Å². The lowest BCUT2D eigenvalue weighted by molar-refractivity contribution is 0.562. The van der Waals surface area contributed by atoms with Crippen molar-refractivity contribution in [2.45, 2.75) is 91.4 Å². The average Bonchev–Trinajstić information content (AvgIpc) is 3.25. The molecular weight excluding hydrogens is 296 g/mol. The number of H-pyrrole nitrogens is 2. The normalized spacial score (nSPS) is 10.5. The summed E-state index contributed by atoms with van der Waals surface area (Å²) >= 11 is 0. The average molecular weight is 333 g/mol. The van der Waals surface area contributed by atoms with Crippen LogP contribution in [0.1, 0.15) is 89.0 Å². The van der Waals surface area contributed by atoms with Gasteiger partial charge in [0.2, 0.25) is 0 Å². The Kier molecular flexibility index (Phi) is 11.8. The Labute approximate surface area is 147 Å². The summed E-state index contributed by atoms with van der Waals surface area (Å²) in [5.74, 6) is 2.21. The van der Waals surface area contributed by atoms with Gasteiger partial charge in [-0.3, -0.25) is 0 Å². The molecule has 136 valence electrons. The molecule has 4 nitrogen and oxygen atoms in total. The lowest BCUT2D eigenvalue weighted by Gasteiger charge is -2.01. The number of aromatic amines is 2. The molecule has 0 atom stereocenters. The molecule has 0 saturated heterocycles. The van der Waals surface area contributed by atoms with E-state index in [-0.39, 0.29) is 0 Å². The highest BCUT2D eigenvalue weighted by atomic mass is 14.9. The van der Waals surface area contributed by atoms with E-state index in [0.717, 1.165) is 30.2 Å². The molecule has 0 saturated carbocycles. The number of nitrogens with zero attached hydrogens (tertiary/aromatic N) is 2. The third kappa shape index (κ3) is 10.2. The van der Waals surface area contributed by atoms with Gasteiger partial charge in [0.05, 0.1) is 0 Å². The van der Waals surface area contributed by atoms with Crippen LogP contribution in [-0.2, 0) is 12.8 Å². The van der Waals surface area contributed by atoms with E-state index < -0.39 is 0 Å². The maximum atomic E-state index is 4.23. The Bertz CT molecular complexity index is 487. The van der Waals surface area contributed by atoms with E-state index in [2.05, 4.69) is 33.8 Å². The van der Waals surface area contributed by atoms with Crippen molar-refractivity contribution in [2.24, 2.45) is 0 Å². The van der Waals surface area contributed by atoms with Crippen LogP contribution < -0.4 is 0 Å². The van der Waals surface area contributed by atoms with Crippen LogP contribution in [0, 0.1) is 6.92 Å². The lowest BCUT2D eigenvalue weighted by Crippen LogP contribution is -1.88. The van der Waals surface area contributed by atoms with Crippen molar-refractivity contribution in [1.29, 1.82) is 0 Å². The zero-order chi connectivity index (χ0) is 17.5. The smallest absolute Gasteiger partial charge is 0.105 e. The molecule has 2 aromatic heterocycles. The van der Waals surface area contributed by atoms with Crippen molar-refractivity contribution < 1.29 is 0 Å². The fourth-order valence-electron chi connectivity index (χ4n) is 2.68. The van der Waals surface area contributed by atoms with Gasteiger partial charge < -0.3 is 9.97 Å². The molecule has 24 heavy (non-hydrogen) atoms. The van der Waals surface area contributed by atoms with Crippen molar-refractivity contribution in [3.8, 4) is 0 Å². The molecule has 2 aromatic rings. The Morgan fingerprint density at radius 2 is 1.50 bits per heavy atom. The first kappa shape index (κ1) is 20.5. The summed E-state index contributed by atoms with van der Waals surface area (Å²) in [5.41, 5.74) is 1.14. The molecule has 0 unspecified atom stereocenters. The predicted molar refractivity (Wildman–Crippen MR) is 102 cm³/mol. The van der Waals surface area contributed by atoms with Crippen molar-refractivity contribution >= 4 is 0 Å². The number of unbranched alkanes of at least 4 members (excludes halogenated alkanes) is 8. The predicted octanol–water partition coefficient (Wildman–Crippen LogP) is 5.76. The molecule has 0 aromatic carbocycles. The van der Waals surface area contributed by atoms with Gasteiger partial charge >= 0.3 is 0 Å². The number of hydrogen-bond donors (Lipinski definition) is 2. The molecule has 0 fully saturated rings. The number of hydrogen-bond acceptors (Lipinski definition) is 2. The molecule has 0 aliphatic carbocycles. The summed E-state index contributed by atoms with van der Waals surface area (Å²) in [7, 11) is 0. The molecular formula is C20H36N4. The highest BCUT2D eigenvalue weighted by Crippen LogP contribution is 2.10. The topological polar surface area (TPSA) is 57.4 Å². The van der Waals surface area contributed by atoms with Gasteiger partial charge in [-0.25, -0.2) is 9.97 Å². The maximum Gasteiger partial charge on any atom is 0.105 e. The van der Waals surface area contributed by atoms with E-state index in [4.69, 9.17) is 0 Å². The summed E-state index contributed by atoms with van der Waals surface area (Å²) in [6, 6.07) is 0. The van der Waals surface area contributed by atoms with Crippen LogP contribution in [0.15, 0.2) is 18.6 Å². The van der Waals surface area contributed by atoms with Crippen LogP contribution in [-0.4, -0.2) is 19.9 Å². The van der Waals surface area contributed by atoms with Gasteiger partial charge in [0.15, 0.2) is 0 Å². The maximum absolute atomic E-state index is 4.23. The van der Waals surface area contributed by atoms with E-state index in [1.54, 1.807) is 0 Å². The highest BCUT2D eigenvalue weighted by molar-refractivity contribution is 4.97. The third-order valence-electron chi connectivity index (χ3n) is 4.16. The molecule has 2 heterocycles. The largest absolute Gasteiger partial charge is 0.349 e. The van der Waals surface area contributed by atoms with Gasteiger partial charge in [0.25, 0.3) is 0 Å². The molecule has 0 amide bonds. The van der Waals surface area contributed by atoms with E-state index in [9.17, 15) is 0 Å². The van der Waals surface area contributed by atoms with Gasteiger partial charge in [-0.15, -0.1) is 0 Å². The first-order chi connectivity index (χ1) is 11.8. The zero-order valence-electron chi connectivity index (χ0n) is 15.9. The lowest BCUT2D eigenvalue weighted by atomic mass is 10.1. The second kappa shape index (κ2) is 13.8. The molecule has 0 bridgehead atoms. The monoisotopic (exact) mass is 332 g/mol. The number of aryl methyl sites for hydroxylation is 3. The van der Waals surface area contributed by atoms with Crippen LogP contribution in [0.5, 0.6) is 0 Å². The van der Waals surface area contributed by atoms with E-state index >= 15 is 0 Å². The number of imidazole rings is 2. The Morgan fingerprint density at radius 3 is 1.96 bits per heavy atom. The molecule has 0 radical (unpaired) electrons. The van der Waals surface area contributed by atoms with Crippen molar-refractivity contribution in [3.63, 3.8) is 0 Å². The SMILES string of the molecule is CCCCCCCCCCCc1ncc[nH]1.CCc1ncc(C)[nH]1. The fraction of sp³-hybridized carbons (Fsp3) is 0.700. The van der Waals surface area contributed by atoms with Crippen LogP contribution in [0.4, 0.5) is 0 Å². The summed E-state index contributed by atoms with van der Waals surface area (Å²) in [6.07, 6.45) is 20.2. The van der Waals surface area contributed by atoms with Gasteiger partial charge in [-0.05, 0) is 13.3 Å². The molecule has 2 rings (SSSR count). The van der Waals surface area contributed by atoms with Crippen molar-refractivity contribution in [2.75, 3.05) is 0 Å². The van der Waals surface area contributed by atoms with Gasteiger partial charge in [0.1, 0.15) is 11.6 Å². The summed E-state index contributed by atoms with van der Waals surface area (Å²) in [6.45, 7) is 6.36. The first-order valence-corrected chi connectivity index (χ1v) is 9.75. The van der Waals surface area contributed by atoms with E-state index in [1.165, 1.54) is 57.8 Å². The fourth-order valence-corrected chi connectivity index (χ4v) is 2.68. The number of nitrogens with one attached hydrogen (secondary N) is 2. The minimum atomic E-state index is 0.994. The second-order valence-corrected chi connectivity index (χ2v) is 6.48. The summed E-state index contributed by atoms with van der Waals surface area (Å²) < 4.78 is 0. The standard InChI is InChI=1S/C14H26N2.C6H10N2/c1-2-3-4-5-6-7-8-9-10-11-14-15-12-13-16-14;1-3-6-7-4-5(2)8-6/h12-13H,2-11H2,1H3,(H,15,16);4H,3H2,1-2H3,(H,7,8). The van der Waals surface area contributed by atoms with Gasteiger partial charge in [-0.2, -0.15) is 0 Å². The number of rotatable bonds is 11. The second-order valence-electron chi connectivity index (χ2n) is 6.48. The Balaban J connectivity index is 0.000000300. The summed E-state index contributed by atoms with van der Waals surface area (Å²) in [5, 5.41) is 0.